The zero-order valence-corrected chi connectivity index (χ0v) is 11.2. The number of amides is 2. The topological polar surface area (TPSA) is 81.7 Å². The van der Waals surface area contributed by atoms with Crippen LogP contribution in [0.4, 0.5) is 4.79 Å². The molecule has 100 valence electrons. The third-order valence-corrected chi connectivity index (χ3v) is 2.29. The number of nitrogens with one attached hydrogen (secondary N) is 2. The van der Waals surface area contributed by atoms with E-state index in [-0.39, 0.29) is 18.6 Å². The smallest absolute Gasteiger partial charge is 0.315 e. The van der Waals surface area contributed by atoms with Crippen LogP contribution in [0.1, 0.15) is 20.8 Å². The van der Waals surface area contributed by atoms with E-state index < -0.39 is 11.4 Å². The summed E-state index contributed by atoms with van der Waals surface area (Å²) in [6.07, 6.45) is 0. The largest absolute Gasteiger partial charge is 0.481 e. The summed E-state index contributed by atoms with van der Waals surface area (Å²) >= 11 is 0. The van der Waals surface area contributed by atoms with Crippen molar-refractivity contribution in [2.75, 3.05) is 27.2 Å². The Labute approximate surface area is 102 Å². The first-order valence-electron chi connectivity index (χ1n) is 5.57. The molecular formula is C11H23N3O3. The Morgan fingerprint density at radius 3 is 2.29 bits per heavy atom. The summed E-state index contributed by atoms with van der Waals surface area (Å²) in [5.74, 6) is -0.931. The van der Waals surface area contributed by atoms with E-state index in [9.17, 15) is 9.59 Å². The van der Waals surface area contributed by atoms with E-state index in [1.165, 1.54) is 0 Å². The lowest BCUT2D eigenvalue weighted by Gasteiger charge is -2.22. The van der Waals surface area contributed by atoms with Crippen LogP contribution < -0.4 is 10.6 Å². The lowest BCUT2D eigenvalue weighted by Crippen LogP contribution is -2.48. The summed E-state index contributed by atoms with van der Waals surface area (Å²) in [6.45, 7) is 5.86. The molecule has 0 saturated carbocycles. The van der Waals surface area contributed by atoms with Gasteiger partial charge >= 0.3 is 12.0 Å². The van der Waals surface area contributed by atoms with Gasteiger partial charge in [-0.15, -0.1) is 0 Å². The Kier molecular flexibility index (Phi) is 5.95. The number of nitrogens with zero attached hydrogens (tertiary/aromatic N) is 1. The standard InChI is InChI=1S/C11H23N3O3/c1-8(6-14(4)5)13-10(17)12-7-11(2,3)9(15)16/h8H,6-7H2,1-5H3,(H,15,16)(H2,12,13,17). The molecule has 0 rings (SSSR count). The van der Waals surface area contributed by atoms with Crippen molar-refractivity contribution in [3.8, 4) is 0 Å². The molecule has 0 aliphatic rings. The van der Waals surface area contributed by atoms with Crippen LogP contribution in [0.2, 0.25) is 0 Å². The van der Waals surface area contributed by atoms with Crippen molar-refractivity contribution in [2.24, 2.45) is 5.41 Å². The van der Waals surface area contributed by atoms with Crippen molar-refractivity contribution in [3.05, 3.63) is 0 Å². The molecule has 0 aromatic rings. The van der Waals surface area contributed by atoms with Gasteiger partial charge < -0.3 is 20.6 Å². The number of hydrogen-bond donors (Lipinski definition) is 3. The molecule has 6 heteroatoms. The molecule has 1 atom stereocenters. The molecule has 0 aliphatic carbocycles. The number of carboxylic acid groups (broad SMARTS) is 1. The molecule has 0 spiro atoms. The average molecular weight is 245 g/mol. The Hall–Kier alpha value is -1.30. The van der Waals surface area contributed by atoms with Crippen molar-refractivity contribution in [1.82, 2.24) is 15.5 Å². The second-order valence-corrected chi connectivity index (χ2v) is 5.18. The molecule has 6 nitrogen and oxygen atoms in total. The molecule has 0 bridgehead atoms. The van der Waals surface area contributed by atoms with E-state index in [0.717, 1.165) is 6.54 Å². The van der Waals surface area contributed by atoms with Crippen LogP contribution in [0.3, 0.4) is 0 Å². The Balaban J connectivity index is 4.00. The molecule has 2 amide bonds. The molecule has 0 aromatic carbocycles. The zero-order valence-electron chi connectivity index (χ0n) is 11.2. The fourth-order valence-electron chi connectivity index (χ4n) is 1.25. The van der Waals surface area contributed by atoms with E-state index in [2.05, 4.69) is 10.6 Å². The molecule has 0 heterocycles. The highest BCUT2D eigenvalue weighted by molar-refractivity contribution is 5.77. The fraction of sp³-hybridized carbons (Fsp3) is 0.818. The molecular weight excluding hydrogens is 222 g/mol. The number of carbonyl (C=O) groups excluding carboxylic acids is 1. The van der Waals surface area contributed by atoms with Crippen molar-refractivity contribution >= 4 is 12.0 Å². The van der Waals surface area contributed by atoms with Gasteiger partial charge in [0.25, 0.3) is 0 Å². The molecule has 1 unspecified atom stereocenters. The summed E-state index contributed by atoms with van der Waals surface area (Å²) in [6, 6.07) is -0.327. The summed E-state index contributed by atoms with van der Waals surface area (Å²) < 4.78 is 0. The predicted molar refractivity (Wildman–Crippen MR) is 66.0 cm³/mol. The van der Waals surface area contributed by atoms with Crippen molar-refractivity contribution in [1.29, 1.82) is 0 Å². The maximum absolute atomic E-state index is 11.5. The quantitative estimate of drug-likeness (QED) is 0.630. The van der Waals surface area contributed by atoms with Gasteiger partial charge in [-0.05, 0) is 34.9 Å². The lowest BCUT2D eigenvalue weighted by atomic mass is 9.94. The first kappa shape index (κ1) is 15.7. The maximum atomic E-state index is 11.5. The lowest BCUT2D eigenvalue weighted by molar-refractivity contribution is -0.146. The van der Waals surface area contributed by atoms with Crippen LogP contribution in [-0.4, -0.2) is 55.2 Å². The van der Waals surface area contributed by atoms with Gasteiger partial charge in [0.15, 0.2) is 0 Å². The Morgan fingerprint density at radius 2 is 1.88 bits per heavy atom. The summed E-state index contributed by atoms with van der Waals surface area (Å²) in [7, 11) is 3.84. The van der Waals surface area contributed by atoms with E-state index >= 15 is 0 Å². The Morgan fingerprint density at radius 1 is 1.35 bits per heavy atom. The average Bonchev–Trinajstić information content (AvgIpc) is 2.13. The molecule has 0 radical (unpaired) electrons. The summed E-state index contributed by atoms with van der Waals surface area (Å²) in [5.41, 5.74) is -0.956. The summed E-state index contributed by atoms with van der Waals surface area (Å²) in [4.78, 5) is 24.3. The number of aliphatic carboxylic acids is 1. The highest BCUT2D eigenvalue weighted by atomic mass is 16.4. The van der Waals surface area contributed by atoms with E-state index in [1.807, 2.05) is 25.9 Å². The van der Waals surface area contributed by atoms with Gasteiger partial charge in [0.2, 0.25) is 0 Å². The van der Waals surface area contributed by atoms with Crippen molar-refractivity contribution in [3.63, 3.8) is 0 Å². The summed E-state index contributed by atoms with van der Waals surface area (Å²) in [5, 5.41) is 14.2. The van der Waals surface area contributed by atoms with Crippen LogP contribution in [0, 0.1) is 5.41 Å². The van der Waals surface area contributed by atoms with Crippen LogP contribution in [-0.2, 0) is 4.79 Å². The predicted octanol–water partition coefficient (Wildman–Crippen LogP) is 0.347. The minimum Gasteiger partial charge on any atom is -0.481 e. The molecule has 0 fully saturated rings. The first-order valence-corrected chi connectivity index (χ1v) is 5.57. The molecule has 0 aliphatic heterocycles. The van der Waals surface area contributed by atoms with Crippen LogP contribution in [0.5, 0.6) is 0 Å². The van der Waals surface area contributed by atoms with E-state index in [4.69, 9.17) is 5.11 Å². The third kappa shape index (κ3) is 6.78. The second-order valence-electron chi connectivity index (χ2n) is 5.18. The van der Waals surface area contributed by atoms with Crippen LogP contribution in [0.25, 0.3) is 0 Å². The monoisotopic (exact) mass is 245 g/mol. The van der Waals surface area contributed by atoms with Crippen LogP contribution >= 0.6 is 0 Å². The first-order chi connectivity index (χ1) is 7.65. The number of rotatable bonds is 6. The fourth-order valence-corrected chi connectivity index (χ4v) is 1.25. The number of carboxylic acids is 1. The minimum absolute atomic E-state index is 0.0120. The number of carbonyl (C=O) groups is 2. The highest BCUT2D eigenvalue weighted by Gasteiger charge is 2.27. The van der Waals surface area contributed by atoms with Gasteiger partial charge in [-0.2, -0.15) is 0 Å². The maximum Gasteiger partial charge on any atom is 0.315 e. The number of likely N-dealkylation sites (N-methyl/N-ethyl adjacent to an activating group) is 1. The number of hydrogen-bond acceptors (Lipinski definition) is 3. The SMILES string of the molecule is CC(CN(C)C)NC(=O)NCC(C)(C)C(=O)O. The number of urea groups is 1. The third-order valence-electron chi connectivity index (χ3n) is 2.29. The van der Waals surface area contributed by atoms with Crippen molar-refractivity contribution < 1.29 is 14.7 Å². The molecule has 17 heavy (non-hydrogen) atoms. The van der Waals surface area contributed by atoms with Gasteiger partial charge in [-0.25, -0.2) is 4.79 Å². The van der Waals surface area contributed by atoms with Crippen LogP contribution in [0.15, 0.2) is 0 Å². The highest BCUT2D eigenvalue weighted by Crippen LogP contribution is 2.12. The Bertz CT molecular complexity index is 277. The van der Waals surface area contributed by atoms with Gasteiger partial charge in [-0.1, -0.05) is 0 Å². The minimum atomic E-state index is -0.956. The van der Waals surface area contributed by atoms with E-state index in [0.29, 0.717) is 0 Å². The van der Waals surface area contributed by atoms with Gasteiger partial charge in [0.05, 0.1) is 5.41 Å². The van der Waals surface area contributed by atoms with Gasteiger partial charge in [-0.3, -0.25) is 4.79 Å². The molecule has 0 aromatic heterocycles. The normalized spacial score (nSPS) is 13.3. The van der Waals surface area contributed by atoms with E-state index in [1.54, 1.807) is 13.8 Å². The van der Waals surface area contributed by atoms with Gasteiger partial charge in [0, 0.05) is 19.1 Å². The zero-order chi connectivity index (χ0) is 13.6. The van der Waals surface area contributed by atoms with Gasteiger partial charge in [0.1, 0.15) is 0 Å². The van der Waals surface area contributed by atoms with Crippen molar-refractivity contribution in [2.45, 2.75) is 26.8 Å². The second kappa shape index (κ2) is 6.44. The molecule has 3 N–H and O–H groups in total. The molecule has 0 saturated heterocycles.